The molecule has 0 aliphatic carbocycles. The Morgan fingerprint density at radius 2 is 1.18 bits per heavy atom. The summed E-state index contributed by atoms with van der Waals surface area (Å²) in [6.07, 6.45) is 2.07. The highest BCUT2D eigenvalue weighted by atomic mass is 31.2. The fourth-order valence-electron chi connectivity index (χ4n) is 1.10. The van der Waals surface area contributed by atoms with Gasteiger partial charge in [0.25, 0.3) is 7.72 Å². The Balaban J connectivity index is 3.96. The van der Waals surface area contributed by atoms with E-state index in [4.69, 9.17) is 9.05 Å². The molecule has 0 atom stereocenters. The molecule has 68 valence electrons. The zero-order valence-electron chi connectivity index (χ0n) is 8.09. The third-order valence-electron chi connectivity index (χ3n) is 1.69. The number of hydrogen-bond acceptors (Lipinski definition) is 2. The summed E-state index contributed by atoms with van der Waals surface area (Å²) in [5.74, 6) is 0. The first-order valence-electron chi connectivity index (χ1n) is 4.40. The SMILES string of the molecule is CCO[P+](CC)(CC)OCC. The largest absolute Gasteiger partial charge is 0.274 e. The highest BCUT2D eigenvalue weighted by molar-refractivity contribution is 7.66. The first-order valence-corrected chi connectivity index (χ1v) is 6.40. The summed E-state index contributed by atoms with van der Waals surface area (Å²) in [6, 6.07) is 0. The summed E-state index contributed by atoms with van der Waals surface area (Å²) in [6.45, 7) is 9.88. The topological polar surface area (TPSA) is 18.5 Å². The van der Waals surface area contributed by atoms with Gasteiger partial charge in [0.2, 0.25) is 0 Å². The Kier molecular flexibility index (Phi) is 6.12. The van der Waals surface area contributed by atoms with Gasteiger partial charge in [-0.05, 0) is 27.7 Å². The van der Waals surface area contributed by atoms with E-state index in [1.807, 2.05) is 13.8 Å². The van der Waals surface area contributed by atoms with Crippen molar-refractivity contribution in [1.82, 2.24) is 0 Å². The molecule has 0 radical (unpaired) electrons. The summed E-state index contributed by atoms with van der Waals surface area (Å²) in [5, 5.41) is 0. The minimum atomic E-state index is -1.46. The molecule has 0 N–H and O–H groups in total. The molecule has 0 saturated carbocycles. The van der Waals surface area contributed by atoms with Gasteiger partial charge in [0.1, 0.15) is 12.3 Å². The minimum Gasteiger partial charge on any atom is -0.207 e. The summed E-state index contributed by atoms with van der Waals surface area (Å²) in [5.41, 5.74) is 0. The lowest BCUT2D eigenvalue weighted by atomic mass is 10.9. The van der Waals surface area contributed by atoms with Gasteiger partial charge in [-0.3, -0.25) is 0 Å². The second kappa shape index (κ2) is 5.93. The van der Waals surface area contributed by atoms with E-state index in [9.17, 15) is 0 Å². The molecule has 0 aromatic heterocycles. The van der Waals surface area contributed by atoms with E-state index in [1.165, 1.54) is 0 Å². The van der Waals surface area contributed by atoms with Crippen molar-refractivity contribution >= 4 is 7.72 Å². The fourth-order valence-corrected chi connectivity index (χ4v) is 3.29. The Morgan fingerprint density at radius 1 is 0.818 bits per heavy atom. The van der Waals surface area contributed by atoms with Crippen molar-refractivity contribution in [1.29, 1.82) is 0 Å². The minimum absolute atomic E-state index is 0.773. The summed E-state index contributed by atoms with van der Waals surface area (Å²) in [4.78, 5) is 0. The van der Waals surface area contributed by atoms with Crippen LogP contribution < -0.4 is 0 Å². The maximum atomic E-state index is 5.66. The van der Waals surface area contributed by atoms with E-state index in [1.54, 1.807) is 0 Å². The molecule has 0 rings (SSSR count). The van der Waals surface area contributed by atoms with Gasteiger partial charge in [-0.25, -0.2) is 9.05 Å². The van der Waals surface area contributed by atoms with Crippen LogP contribution in [0.2, 0.25) is 0 Å². The molecule has 0 aromatic carbocycles. The molecule has 0 unspecified atom stereocenters. The van der Waals surface area contributed by atoms with Crippen LogP contribution in [0.3, 0.4) is 0 Å². The van der Waals surface area contributed by atoms with Gasteiger partial charge in [-0.1, -0.05) is 0 Å². The molecule has 0 saturated heterocycles. The van der Waals surface area contributed by atoms with Crippen molar-refractivity contribution < 1.29 is 9.05 Å². The molecule has 0 aliphatic heterocycles. The zero-order valence-corrected chi connectivity index (χ0v) is 8.99. The van der Waals surface area contributed by atoms with Crippen molar-refractivity contribution in [2.24, 2.45) is 0 Å². The van der Waals surface area contributed by atoms with Crippen molar-refractivity contribution in [3.8, 4) is 0 Å². The average molecular weight is 179 g/mol. The molecule has 0 bridgehead atoms. The van der Waals surface area contributed by atoms with Gasteiger partial charge in [0, 0.05) is 0 Å². The lowest BCUT2D eigenvalue weighted by molar-refractivity contribution is 0.250. The predicted molar refractivity (Wildman–Crippen MR) is 51.3 cm³/mol. The fraction of sp³-hybridized carbons (Fsp3) is 1.00. The van der Waals surface area contributed by atoms with Crippen molar-refractivity contribution in [2.75, 3.05) is 25.5 Å². The second-order valence-corrected chi connectivity index (χ2v) is 5.69. The Hall–Kier alpha value is 0.350. The smallest absolute Gasteiger partial charge is 0.207 e. The van der Waals surface area contributed by atoms with Crippen LogP contribution in [0.1, 0.15) is 27.7 Å². The van der Waals surface area contributed by atoms with E-state index >= 15 is 0 Å². The van der Waals surface area contributed by atoms with Crippen LogP contribution in [0, 0.1) is 0 Å². The highest BCUT2D eigenvalue weighted by Gasteiger charge is 2.36. The van der Waals surface area contributed by atoms with Gasteiger partial charge in [0.15, 0.2) is 0 Å². The van der Waals surface area contributed by atoms with E-state index in [0.29, 0.717) is 0 Å². The molecule has 3 heteroatoms. The molecular formula is C8H20O2P+. The first-order chi connectivity index (χ1) is 5.24. The van der Waals surface area contributed by atoms with Gasteiger partial charge in [0.05, 0.1) is 13.2 Å². The van der Waals surface area contributed by atoms with Crippen LogP contribution in [-0.2, 0) is 9.05 Å². The van der Waals surface area contributed by atoms with Crippen molar-refractivity contribution in [3.05, 3.63) is 0 Å². The Labute approximate surface area is 70.8 Å². The van der Waals surface area contributed by atoms with Crippen LogP contribution in [0.5, 0.6) is 0 Å². The van der Waals surface area contributed by atoms with Crippen LogP contribution in [-0.4, -0.2) is 25.5 Å². The van der Waals surface area contributed by atoms with Gasteiger partial charge < -0.3 is 0 Å². The summed E-state index contributed by atoms with van der Waals surface area (Å²) in [7, 11) is -1.46. The van der Waals surface area contributed by atoms with Gasteiger partial charge in [-0.2, -0.15) is 0 Å². The molecule has 0 heterocycles. The number of rotatable bonds is 6. The standard InChI is InChI=1S/C8H20O2P/c1-5-9-11(7-3,8-4)10-6-2/h5-8H2,1-4H3/q+1. The monoisotopic (exact) mass is 179 g/mol. The highest BCUT2D eigenvalue weighted by Crippen LogP contribution is 2.60. The summed E-state index contributed by atoms with van der Waals surface area (Å²) < 4.78 is 11.3. The molecule has 0 aromatic rings. The average Bonchev–Trinajstić information content (AvgIpc) is 2.04. The third kappa shape index (κ3) is 3.50. The maximum Gasteiger partial charge on any atom is 0.274 e. The maximum absolute atomic E-state index is 5.66. The van der Waals surface area contributed by atoms with E-state index in [0.717, 1.165) is 25.5 Å². The Morgan fingerprint density at radius 3 is 1.36 bits per heavy atom. The quantitative estimate of drug-likeness (QED) is 0.583. The van der Waals surface area contributed by atoms with Gasteiger partial charge >= 0.3 is 0 Å². The molecule has 0 aliphatic rings. The van der Waals surface area contributed by atoms with Crippen LogP contribution in [0.4, 0.5) is 0 Å². The van der Waals surface area contributed by atoms with Gasteiger partial charge in [-0.15, -0.1) is 0 Å². The Bertz CT molecular complexity index is 84.1. The molecule has 11 heavy (non-hydrogen) atoms. The van der Waals surface area contributed by atoms with E-state index in [-0.39, 0.29) is 0 Å². The molecular weight excluding hydrogens is 159 g/mol. The summed E-state index contributed by atoms with van der Waals surface area (Å²) >= 11 is 0. The molecule has 0 fully saturated rings. The van der Waals surface area contributed by atoms with Crippen molar-refractivity contribution in [3.63, 3.8) is 0 Å². The molecule has 0 spiro atoms. The second-order valence-electron chi connectivity index (χ2n) is 2.28. The zero-order chi connectivity index (χ0) is 8.74. The normalized spacial score (nSPS) is 12.0. The van der Waals surface area contributed by atoms with E-state index < -0.39 is 7.72 Å². The number of hydrogen-bond donors (Lipinski definition) is 0. The van der Waals surface area contributed by atoms with E-state index in [2.05, 4.69) is 13.8 Å². The third-order valence-corrected chi connectivity index (χ3v) is 5.08. The lowest BCUT2D eigenvalue weighted by Gasteiger charge is -2.20. The van der Waals surface area contributed by atoms with Crippen LogP contribution in [0.25, 0.3) is 0 Å². The molecule has 0 amide bonds. The first kappa shape index (κ1) is 11.4. The van der Waals surface area contributed by atoms with Crippen molar-refractivity contribution in [2.45, 2.75) is 27.7 Å². The van der Waals surface area contributed by atoms with Crippen LogP contribution in [0.15, 0.2) is 0 Å². The van der Waals surface area contributed by atoms with Crippen LogP contribution >= 0.6 is 7.72 Å². The molecule has 2 nitrogen and oxygen atoms in total. The lowest BCUT2D eigenvalue weighted by Crippen LogP contribution is -2.08. The predicted octanol–water partition coefficient (Wildman–Crippen LogP) is 2.95.